The number of dihydropyridines is 1. The molecule has 1 atom stereocenters. The third-order valence-corrected chi connectivity index (χ3v) is 4.57. The van der Waals surface area contributed by atoms with E-state index >= 15 is 0 Å². The molecule has 0 bridgehead atoms. The average Bonchev–Trinajstić information content (AvgIpc) is 2.95. The Morgan fingerprint density at radius 3 is 2.70 bits per heavy atom. The molecule has 2 aliphatic heterocycles. The van der Waals surface area contributed by atoms with Crippen molar-refractivity contribution in [2.24, 2.45) is 5.92 Å². The van der Waals surface area contributed by atoms with E-state index in [1.54, 1.807) is 13.8 Å². The van der Waals surface area contributed by atoms with Gasteiger partial charge in [-0.25, -0.2) is 9.59 Å². The third kappa shape index (κ3) is 3.56. The van der Waals surface area contributed by atoms with E-state index in [1.165, 1.54) is 18.2 Å². The molecule has 0 spiro atoms. The molecule has 5 nitrogen and oxygen atoms in total. The number of carbonyl (C=O) groups excluding carboxylic acids is 2. The summed E-state index contributed by atoms with van der Waals surface area (Å²) in [6.45, 7) is 3.37. The minimum Gasteiger partial charge on any atom is -0.463 e. The maximum atomic E-state index is 13.4. The van der Waals surface area contributed by atoms with Gasteiger partial charge < -0.3 is 14.8 Å². The number of cyclic esters (lactones) is 1. The lowest BCUT2D eigenvalue weighted by molar-refractivity contribution is -0.139. The summed E-state index contributed by atoms with van der Waals surface area (Å²) in [4.78, 5) is 24.7. The number of hydrogen-bond donors (Lipinski definition) is 1. The summed E-state index contributed by atoms with van der Waals surface area (Å²) in [7, 11) is 0. The number of nitrogens with one attached hydrogen (secondary N) is 1. The fourth-order valence-electron chi connectivity index (χ4n) is 3.47. The van der Waals surface area contributed by atoms with Gasteiger partial charge in [0.1, 0.15) is 6.61 Å². The van der Waals surface area contributed by atoms with Gasteiger partial charge in [-0.2, -0.15) is 13.2 Å². The van der Waals surface area contributed by atoms with Crippen LogP contribution in [0.5, 0.6) is 0 Å². The molecule has 0 aromatic heterocycles. The molecule has 1 aromatic carbocycles. The van der Waals surface area contributed by atoms with Crippen molar-refractivity contribution in [3.8, 4) is 0 Å². The Labute approximate surface area is 153 Å². The number of halogens is 3. The monoisotopic (exact) mass is 381 g/mol. The van der Waals surface area contributed by atoms with E-state index in [1.807, 2.05) is 0 Å². The number of rotatable bonds is 4. The lowest BCUT2D eigenvalue weighted by atomic mass is 9.80. The number of allylic oxidation sites excluding steroid dienone is 1. The first-order valence-electron chi connectivity index (χ1n) is 8.44. The van der Waals surface area contributed by atoms with Gasteiger partial charge in [-0.3, -0.25) is 0 Å². The first-order chi connectivity index (χ1) is 12.7. The molecule has 0 fully saturated rings. The van der Waals surface area contributed by atoms with Gasteiger partial charge in [0, 0.05) is 11.6 Å². The molecule has 8 heteroatoms. The molecule has 2 aliphatic rings. The molecular formula is C19H18F3NO4. The van der Waals surface area contributed by atoms with Crippen LogP contribution in [0, 0.1) is 5.92 Å². The maximum Gasteiger partial charge on any atom is 0.416 e. The summed E-state index contributed by atoms with van der Waals surface area (Å²) in [5.41, 5.74) is 0.447. The molecular weight excluding hydrogens is 363 g/mol. The smallest absolute Gasteiger partial charge is 0.416 e. The maximum absolute atomic E-state index is 13.4. The predicted octanol–water partition coefficient (Wildman–Crippen LogP) is 3.12. The van der Waals surface area contributed by atoms with Crippen molar-refractivity contribution in [2.45, 2.75) is 26.4 Å². The highest BCUT2D eigenvalue weighted by atomic mass is 19.4. The average molecular weight is 381 g/mol. The summed E-state index contributed by atoms with van der Waals surface area (Å²) in [6, 6.07) is 5.13. The molecule has 0 saturated carbocycles. The van der Waals surface area contributed by atoms with Crippen LogP contribution in [0.4, 0.5) is 13.2 Å². The second-order valence-corrected chi connectivity index (χ2v) is 6.26. The van der Waals surface area contributed by atoms with E-state index in [2.05, 4.69) is 5.32 Å². The Morgan fingerprint density at radius 1 is 1.33 bits per heavy atom. The summed E-state index contributed by atoms with van der Waals surface area (Å²) < 4.78 is 50.2. The third-order valence-electron chi connectivity index (χ3n) is 4.57. The van der Waals surface area contributed by atoms with Crippen molar-refractivity contribution in [1.82, 2.24) is 5.32 Å². The van der Waals surface area contributed by atoms with Gasteiger partial charge >= 0.3 is 18.1 Å². The van der Waals surface area contributed by atoms with Crippen LogP contribution in [0.3, 0.4) is 0 Å². The fourth-order valence-corrected chi connectivity index (χ4v) is 3.47. The normalized spacial score (nSPS) is 19.6. The van der Waals surface area contributed by atoms with Crippen LogP contribution in [0.1, 0.15) is 25.0 Å². The number of ether oxygens (including phenoxy) is 2. The standard InChI is InChI=1S/C19H18F3NO4/c1-3-26-17(24)15-10(2)23-14-9-27-18(25)16(14)12(15)8-11-6-4-5-7-13(11)19(20,21)22/h4-7,12,23H,3,8-9H2,1-2H3. The van der Waals surface area contributed by atoms with Crippen molar-refractivity contribution in [3.05, 3.63) is 57.9 Å². The van der Waals surface area contributed by atoms with E-state index in [9.17, 15) is 22.8 Å². The van der Waals surface area contributed by atoms with Gasteiger partial charge in [0.25, 0.3) is 0 Å². The highest BCUT2D eigenvalue weighted by molar-refractivity contribution is 5.99. The van der Waals surface area contributed by atoms with Gasteiger partial charge in [0.15, 0.2) is 0 Å². The molecule has 144 valence electrons. The first-order valence-corrected chi connectivity index (χ1v) is 8.44. The molecule has 2 heterocycles. The Bertz CT molecular complexity index is 855. The largest absolute Gasteiger partial charge is 0.463 e. The van der Waals surface area contributed by atoms with Crippen molar-refractivity contribution in [2.75, 3.05) is 13.2 Å². The molecule has 1 unspecified atom stereocenters. The van der Waals surface area contributed by atoms with E-state index in [0.717, 1.165) is 6.07 Å². The zero-order valence-electron chi connectivity index (χ0n) is 14.8. The summed E-state index contributed by atoms with van der Waals surface area (Å²) in [5.74, 6) is -2.18. The second kappa shape index (κ2) is 7.09. The van der Waals surface area contributed by atoms with Gasteiger partial charge in [-0.15, -0.1) is 0 Å². The van der Waals surface area contributed by atoms with Gasteiger partial charge in [-0.1, -0.05) is 18.2 Å². The minimum atomic E-state index is -4.54. The molecule has 0 saturated heterocycles. The molecule has 0 amide bonds. The molecule has 0 radical (unpaired) electrons. The zero-order chi connectivity index (χ0) is 19.8. The molecule has 3 rings (SSSR count). The number of benzene rings is 1. The quantitative estimate of drug-likeness (QED) is 0.812. The van der Waals surface area contributed by atoms with Gasteiger partial charge in [0.05, 0.1) is 29.0 Å². The van der Waals surface area contributed by atoms with Gasteiger partial charge in [-0.05, 0) is 31.9 Å². The van der Waals surface area contributed by atoms with Crippen LogP contribution < -0.4 is 5.32 Å². The van der Waals surface area contributed by atoms with Crippen molar-refractivity contribution < 1.29 is 32.2 Å². The van der Waals surface area contributed by atoms with Crippen molar-refractivity contribution in [3.63, 3.8) is 0 Å². The number of esters is 2. The highest BCUT2D eigenvalue weighted by Gasteiger charge is 2.42. The Balaban J connectivity index is 2.07. The fraction of sp³-hybridized carbons (Fsp3) is 0.368. The number of hydrogen-bond acceptors (Lipinski definition) is 5. The number of alkyl halides is 3. The topological polar surface area (TPSA) is 64.6 Å². The van der Waals surface area contributed by atoms with Crippen LogP contribution >= 0.6 is 0 Å². The van der Waals surface area contributed by atoms with Gasteiger partial charge in [0.2, 0.25) is 0 Å². The lowest BCUT2D eigenvalue weighted by Crippen LogP contribution is -2.32. The molecule has 1 aromatic rings. The predicted molar refractivity (Wildman–Crippen MR) is 89.1 cm³/mol. The van der Waals surface area contributed by atoms with Crippen LogP contribution in [0.15, 0.2) is 46.8 Å². The van der Waals surface area contributed by atoms with Crippen molar-refractivity contribution >= 4 is 11.9 Å². The van der Waals surface area contributed by atoms with Crippen LogP contribution in [0.25, 0.3) is 0 Å². The van der Waals surface area contributed by atoms with E-state index in [0.29, 0.717) is 11.4 Å². The zero-order valence-corrected chi connectivity index (χ0v) is 14.8. The first kappa shape index (κ1) is 19.0. The summed E-state index contributed by atoms with van der Waals surface area (Å²) in [6.07, 6.45) is -4.71. The minimum absolute atomic E-state index is 0.000963. The second-order valence-electron chi connectivity index (χ2n) is 6.26. The van der Waals surface area contributed by atoms with Crippen LogP contribution in [0.2, 0.25) is 0 Å². The van der Waals surface area contributed by atoms with E-state index < -0.39 is 29.6 Å². The molecule has 1 N–H and O–H groups in total. The summed E-state index contributed by atoms with van der Waals surface area (Å²) in [5, 5.41) is 2.95. The van der Waals surface area contributed by atoms with Crippen molar-refractivity contribution in [1.29, 1.82) is 0 Å². The summed E-state index contributed by atoms with van der Waals surface area (Å²) >= 11 is 0. The SMILES string of the molecule is CCOC(=O)C1=C(C)NC2=C(C(=O)OC2)C1Cc1ccccc1C(F)(F)F. The van der Waals surface area contributed by atoms with E-state index in [-0.39, 0.29) is 36.3 Å². The van der Waals surface area contributed by atoms with E-state index in [4.69, 9.17) is 9.47 Å². The number of carbonyl (C=O) groups is 2. The molecule has 0 aliphatic carbocycles. The lowest BCUT2D eigenvalue weighted by Gasteiger charge is -2.28. The van der Waals surface area contributed by atoms with Crippen LogP contribution in [-0.4, -0.2) is 25.2 Å². The Hall–Kier alpha value is -2.77. The highest BCUT2D eigenvalue weighted by Crippen LogP contribution is 2.39. The Kier molecular flexibility index (Phi) is 4.99. The Morgan fingerprint density at radius 2 is 2.04 bits per heavy atom. The van der Waals surface area contributed by atoms with Crippen LogP contribution in [-0.2, 0) is 31.7 Å². The molecule has 27 heavy (non-hydrogen) atoms.